The number of nitrogens with zero attached hydrogens (tertiary/aromatic N) is 2. The predicted octanol–water partition coefficient (Wildman–Crippen LogP) is 3.92. The van der Waals surface area contributed by atoms with Gasteiger partial charge in [0.1, 0.15) is 12.3 Å². The number of para-hydroxylation sites is 1. The third kappa shape index (κ3) is 7.08. The molecule has 3 N–H and O–H groups in total. The van der Waals surface area contributed by atoms with Crippen LogP contribution in [-0.2, 0) is 12.6 Å². The van der Waals surface area contributed by atoms with Crippen LogP contribution < -0.4 is 20.7 Å². The molecular weight excluding hydrogens is 475 g/mol. The number of hydrogen-bond donors (Lipinski definition) is 3. The number of carbonyl (C=O) groups is 2. The van der Waals surface area contributed by atoms with Gasteiger partial charge in [-0.2, -0.15) is 13.2 Å². The molecule has 0 bridgehead atoms. The van der Waals surface area contributed by atoms with Gasteiger partial charge in [0.25, 0.3) is 5.91 Å². The zero-order valence-electron chi connectivity index (χ0n) is 20.2. The van der Waals surface area contributed by atoms with E-state index in [1.807, 2.05) is 18.2 Å². The highest BCUT2D eigenvalue weighted by Crippen LogP contribution is 2.40. The van der Waals surface area contributed by atoms with Crippen molar-refractivity contribution in [1.82, 2.24) is 20.5 Å². The molecule has 0 atom stereocenters. The maximum Gasteiger partial charge on any atom is 0.420 e. The van der Waals surface area contributed by atoms with Crippen LogP contribution in [0, 0.1) is 0 Å². The van der Waals surface area contributed by atoms with E-state index in [0.717, 1.165) is 22.4 Å². The first-order chi connectivity index (χ1) is 17.1. The Bertz CT molecular complexity index is 1230. The first-order valence-electron chi connectivity index (χ1n) is 11.2. The highest BCUT2D eigenvalue weighted by atomic mass is 19.4. The van der Waals surface area contributed by atoms with Crippen LogP contribution in [0.15, 0.2) is 48.7 Å². The van der Waals surface area contributed by atoms with Crippen molar-refractivity contribution < 1.29 is 27.5 Å². The maximum atomic E-state index is 13.5. The Balaban J connectivity index is 1.63. The standard InChI is InChI=1S/C25H28F3N5O3/c1-29-23(34)21-14-17-8-7-16(13-18(17)15-31-21)9-10-30-24(35)32-20-6-4-5-19(25(26,27)28)22(20)36-12-11-33(2)3/h4-8,13-15H,9-12H2,1-3H3,(H,29,34)(H2,30,32,35). The summed E-state index contributed by atoms with van der Waals surface area (Å²) in [6.45, 7) is 0.681. The summed E-state index contributed by atoms with van der Waals surface area (Å²) in [5, 5.41) is 9.34. The van der Waals surface area contributed by atoms with Crippen LogP contribution in [0.5, 0.6) is 5.75 Å². The molecule has 8 nitrogen and oxygen atoms in total. The molecule has 36 heavy (non-hydrogen) atoms. The van der Waals surface area contributed by atoms with Gasteiger partial charge in [0.15, 0.2) is 5.75 Å². The van der Waals surface area contributed by atoms with Crippen molar-refractivity contribution in [2.24, 2.45) is 0 Å². The molecule has 0 radical (unpaired) electrons. The quantitative estimate of drug-likeness (QED) is 0.412. The van der Waals surface area contributed by atoms with Gasteiger partial charge in [-0.05, 0) is 55.7 Å². The second kappa shape index (κ2) is 11.7. The predicted molar refractivity (Wildman–Crippen MR) is 131 cm³/mol. The average molecular weight is 504 g/mol. The van der Waals surface area contributed by atoms with Crippen LogP contribution in [0.4, 0.5) is 23.7 Å². The molecule has 3 aromatic rings. The van der Waals surface area contributed by atoms with Crippen LogP contribution in [0.2, 0.25) is 0 Å². The summed E-state index contributed by atoms with van der Waals surface area (Å²) in [6, 6.07) is 10.2. The number of urea groups is 1. The minimum atomic E-state index is -4.63. The summed E-state index contributed by atoms with van der Waals surface area (Å²) in [7, 11) is 5.09. The second-order valence-electron chi connectivity index (χ2n) is 8.29. The van der Waals surface area contributed by atoms with Crippen LogP contribution in [0.3, 0.4) is 0 Å². The van der Waals surface area contributed by atoms with E-state index in [9.17, 15) is 22.8 Å². The maximum absolute atomic E-state index is 13.5. The van der Waals surface area contributed by atoms with Crippen LogP contribution >= 0.6 is 0 Å². The smallest absolute Gasteiger partial charge is 0.420 e. The largest absolute Gasteiger partial charge is 0.489 e. The summed E-state index contributed by atoms with van der Waals surface area (Å²) < 4.78 is 45.9. The number of alkyl halides is 3. The Kier molecular flexibility index (Phi) is 8.70. The van der Waals surface area contributed by atoms with Crippen molar-refractivity contribution >= 4 is 28.4 Å². The molecule has 0 fully saturated rings. The highest BCUT2D eigenvalue weighted by Gasteiger charge is 2.35. The molecule has 0 aliphatic heterocycles. The van der Waals surface area contributed by atoms with E-state index in [1.165, 1.54) is 19.2 Å². The Morgan fingerprint density at radius 1 is 1.08 bits per heavy atom. The molecule has 1 heterocycles. The summed E-state index contributed by atoms with van der Waals surface area (Å²) in [5.74, 6) is -0.691. The van der Waals surface area contributed by atoms with E-state index in [-0.39, 0.29) is 24.7 Å². The third-order valence-corrected chi connectivity index (χ3v) is 5.30. The molecular formula is C25H28F3N5O3. The molecule has 0 saturated carbocycles. The number of likely N-dealkylation sites (N-methyl/N-ethyl adjacent to an activating group) is 1. The van der Waals surface area contributed by atoms with E-state index in [0.29, 0.717) is 18.7 Å². The molecule has 2 aromatic carbocycles. The fourth-order valence-corrected chi connectivity index (χ4v) is 3.43. The number of rotatable bonds is 9. The van der Waals surface area contributed by atoms with Gasteiger partial charge in [-0.15, -0.1) is 0 Å². The van der Waals surface area contributed by atoms with Crippen LogP contribution in [-0.4, -0.2) is 62.7 Å². The molecule has 0 saturated heterocycles. The number of nitrogens with one attached hydrogen (secondary N) is 3. The summed E-state index contributed by atoms with van der Waals surface area (Å²) in [6.07, 6.45) is -2.54. The number of carbonyl (C=O) groups excluding carboxylic acids is 2. The second-order valence-corrected chi connectivity index (χ2v) is 8.29. The van der Waals surface area contributed by atoms with Gasteiger partial charge in [-0.25, -0.2) is 4.79 Å². The van der Waals surface area contributed by atoms with Crippen molar-refractivity contribution in [3.8, 4) is 5.75 Å². The minimum absolute atomic E-state index is 0.0256. The number of ether oxygens (including phenoxy) is 1. The van der Waals surface area contributed by atoms with Gasteiger partial charge >= 0.3 is 12.2 Å². The molecule has 3 amide bonds. The number of anilines is 1. The Labute approximate surface area is 206 Å². The molecule has 192 valence electrons. The molecule has 0 aliphatic rings. The Hall–Kier alpha value is -3.86. The topological polar surface area (TPSA) is 95.6 Å². The number of hydrogen-bond acceptors (Lipinski definition) is 5. The highest BCUT2D eigenvalue weighted by molar-refractivity contribution is 5.96. The fraction of sp³-hybridized carbons (Fsp3) is 0.320. The van der Waals surface area contributed by atoms with Crippen molar-refractivity contribution in [2.45, 2.75) is 12.6 Å². The zero-order chi connectivity index (χ0) is 26.3. The summed E-state index contributed by atoms with van der Waals surface area (Å²) in [4.78, 5) is 30.1. The average Bonchev–Trinajstić information content (AvgIpc) is 2.83. The lowest BCUT2D eigenvalue weighted by Crippen LogP contribution is -2.31. The number of aromatic nitrogens is 1. The number of benzene rings is 2. The van der Waals surface area contributed by atoms with Crippen LogP contribution in [0.25, 0.3) is 10.8 Å². The van der Waals surface area contributed by atoms with E-state index in [4.69, 9.17) is 4.74 Å². The van der Waals surface area contributed by atoms with Gasteiger partial charge in [-0.3, -0.25) is 9.78 Å². The summed E-state index contributed by atoms with van der Waals surface area (Å²) >= 11 is 0. The van der Waals surface area contributed by atoms with Gasteiger partial charge in [-0.1, -0.05) is 18.2 Å². The van der Waals surface area contributed by atoms with Crippen molar-refractivity contribution in [2.75, 3.05) is 46.2 Å². The third-order valence-electron chi connectivity index (χ3n) is 5.30. The number of fused-ring (bicyclic) bond motifs is 1. The normalized spacial score (nSPS) is 11.4. The zero-order valence-corrected chi connectivity index (χ0v) is 20.2. The SMILES string of the molecule is CNC(=O)c1cc2ccc(CCNC(=O)Nc3cccc(C(F)(F)F)c3OCCN(C)C)cc2cn1. The molecule has 3 rings (SSSR count). The van der Waals surface area contributed by atoms with Gasteiger partial charge in [0.05, 0.1) is 11.3 Å². The van der Waals surface area contributed by atoms with E-state index < -0.39 is 23.5 Å². The number of amides is 3. The number of pyridine rings is 1. The van der Waals surface area contributed by atoms with Crippen LogP contribution in [0.1, 0.15) is 21.6 Å². The molecule has 0 spiro atoms. The van der Waals surface area contributed by atoms with Gasteiger partial charge in [0.2, 0.25) is 0 Å². The summed E-state index contributed by atoms with van der Waals surface area (Å²) in [5.41, 5.74) is 0.216. The molecule has 1 aromatic heterocycles. The van der Waals surface area contributed by atoms with Gasteiger partial charge in [0, 0.05) is 31.7 Å². The van der Waals surface area contributed by atoms with Crippen molar-refractivity contribution in [3.63, 3.8) is 0 Å². The van der Waals surface area contributed by atoms with Crippen molar-refractivity contribution in [3.05, 3.63) is 65.5 Å². The lowest BCUT2D eigenvalue weighted by Gasteiger charge is -2.19. The molecule has 0 aliphatic carbocycles. The first kappa shape index (κ1) is 26.7. The first-order valence-corrected chi connectivity index (χ1v) is 11.2. The molecule has 0 unspecified atom stereocenters. The molecule has 11 heteroatoms. The number of halogens is 3. The fourth-order valence-electron chi connectivity index (χ4n) is 3.43. The lowest BCUT2D eigenvalue weighted by atomic mass is 10.1. The lowest BCUT2D eigenvalue weighted by molar-refractivity contribution is -0.138. The minimum Gasteiger partial charge on any atom is -0.489 e. The monoisotopic (exact) mass is 503 g/mol. The van der Waals surface area contributed by atoms with E-state index >= 15 is 0 Å². The van der Waals surface area contributed by atoms with Gasteiger partial charge < -0.3 is 25.6 Å². The van der Waals surface area contributed by atoms with E-state index in [1.54, 1.807) is 31.3 Å². The van der Waals surface area contributed by atoms with E-state index in [2.05, 4.69) is 20.9 Å². The Morgan fingerprint density at radius 2 is 1.86 bits per heavy atom. The Morgan fingerprint density at radius 3 is 2.56 bits per heavy atom. The van der Waals surface area contributed by atoms with Crippen molar-refractivity contribution in [1.29, 1.82) is 0 Å².